The molecule has 3 aromatic rings. The van der Waals surface area contributed by atoms with Crippen molar-refractivity contribution in [1.29, 1.82) is 0 Å². The van der Waals surface area contributed by atoms with Gasteiger partial charge in [0.1, 0.15) is 11.4 Å². The molecule has 21 heavy (non-hydrogen) atoms. The number of hydrogen-bond donors (Lipinski definition) is 0. The van der Waals surface area contributed by atoms with E-state index in [-0.39, 0.29) is 0 Å². The quantitative estimate of drug-likeness (QED) is 0.727. The smallest absolute Gasteiger partial charge is 0.128 e. The van der Waals surface area contributed by atoms with Crippen molar-refractivity contribution in [1.82, 2.24) is 20.0 Å². The van der Waals surface area contributed by atoms with Crippen molar-refractivity contribution in [3.05, 3.63) is 46.5 Å². The molecule has 2 heterocycles. The number of para-hydroxylation sites is 1. The topological polar surface area (TPSA) is 52.8 Å². The monoisotopic (exact) mass is 300 g/mol. The number of ether oxygens (including phenoxy) is 1. The Bertz CT molecular complexity index is 735. The molecule has 0 spiro atoms. The molecule has 0 aliphatic carbocycles. The molecule has 0 unspecified atom stereocenters. The number of nitrogens with zero attached hydrogens (tertiary/aromatic N) is 4. The van der Waals surface area contributed by atoms with Crippen molar-refractivity contribution in [3.8, 4) is 17.0 Å². The number of rotatable bonds is 5. The predicted molar refractivity (Wildman–Crippen MR) is 82.6 cm³/mol. The van der Waals surface area contributed by atoms with E-state index in [9.17, 15) is 0 Å². The molecule has 0 fully saturated rings. The number of aromatic nitrogens is 4. The summed E-state index contributed by atoms with van der Waals surface area (Å²) in [4.78, 5) is 5.56. The minimum absolute atomic E-state index is 0.797. The Kier molecular flexibility index (Phi) is 3.96. The highest BCUT2D eigenvalue weighted by Crippen LogP contribution is 2.27. The third-order valence-electron chi connectivity index (χ3n) is 3.33. The molecular weight excluding hydrogens is 284 g/mol. The molecule has 0 aliphatic rings. The van der Waals surface area contributed by atoms with Gasteiger partial charge in [-0.05, 0) is 19.1 Å². The van der Waals surface area contributed by atoms with Crippen LogP contribution in [-0.2, 0) is 13.0 Å². The van der Waals surface area contributed by atoms with Gasteiger partial charge < -0.3 is 4.74 Å². The number of benzene rings is 1. The minimum atomic E-state index is 0.797. The van der Waals surface area contributed by atoms with Gasteiger partial charge in [0.2, 0.25) is 0 Å². The van der Waals surface area contributed by atoms with E-state index in [4.69, 9.17) is 4.74 Å². The Labute approximate surface area is 127 Å². The molecule has 0 saturated carbocycles. The lowest BCUT2D eigenvalue weighted by molar-refractivity contribution is 0.416. The lowest BCUT2D eigenvalue weighted by atomic mass is 10.1. The van der Waals surface area contributed by atoms with Crippen LogP contribution in [0.5, 0.6) is 5.75 Å². The minimum Gasteiger partial charge on any atom is -0.496 e. The summed E-state index contributed by atoms with van der Waals surface area (Å²) in [6.45, 7) is 2.83. The van der Waals surface area contributed by atoms with Gasteiger partial charge in [-0.25, -0.2) is 4.98 Å². The van der Waals surface area contributed by atoms with Crippen molar-refractivity contribution >= 4 is 11.3 Å². The zero-order valence-corrected chi connectivity index (χ0v) is 12.8. The highest BCUT2D eigenvalue weighted by molar-refractivity contribution is 7.09. The molecule has 0 amide bonds. The summed E-state index contributed by atoms with van der Waals surface area (Å²) in [6, 6.07) is 7.83. The first-order valence-electron chi connectivity index (χ1n) is 6.70. The average molecular weight is 300 g/mol. The van der Waals surface area contributed by atoms with Crippen LogP contribution >= 0.6 is 11.3 Å². The molecule has 0 N–H and O–H groups in total. The maximum absolute atomic E-state index is 5.36. The third-order valence-corrected chi connectivity index (χ3v) is 4.33. The van der Waals surface area contributed by atoms with Crippen molar-refractivity contribution in [2.45, 2.75) is 19.9 Å². The summed E-state index contributed by atoms with van der Waals surface area (Å²) in [5.41, 5.74) is 4.77. The van der Waals surface area contributed by atoms with Crippen molar-refractivity contribution in [2.75, 3.05) is 7.11 Å². The fourth-order valence-corrected chi connectivity index (χ4v) is 2.94. The Morgan fingerprint density at radius 3 is 2.90 bits per heavy atom. The number of thiazole rings is 1. The predicted octanol–water partition coefficient (Wildman–Crippen LogP) is 2.96. The largest absolute Gasteiger partial charge is 0.496 e. The van der Waals surface area contributed by atoms with Crippen LogP contribution in [0.4, 0.5) is 0 Å². The molecule has 108 valence electrons. The molecular formula is C15H16N4OS. The first-order chi connectivity index (χ1) is 10.3. The van der Waals surface area contributed by atoms with Crippen molar-refractivity contribution < 1.29 is 4.74 Å². The average Bonchev–Trinajstić information content (AvgIpc) is 3.14. The summed E-state index contributed by atoms with van der Waals surface area (Å²) < 4.78 is 7.22. The van der Waals surface area contributed by atoms with Gasteiger partial charge in [0, 0.05) is 23.4 Å². The van der Waals surface area contributed by atoms with E-state index in [0.717, 1.165) is 35.7 Å². The van der Waals surface area contributed by atoms with E-state index in [1.165, 1.54) is 4.88 Å². The molecule has 1 aromatic carbocycles. The normalized spacial score (nSPS) is 10.8. The maximum Gasteiger partial charge on any atom is 0.128 e. The van der Waals surface area contributed by atoms with E-state index in [2.05, 4.69) is 15.3 Å². The van der Waals surface area contributed by atoms with E-state index < -0.39 is 0 Å². The second kappa shape index (κ2) is 6.05. The van der Waals surface area contributed by atoms with Crippen LogP contribution in [0.3, 0.4) is 0 Å². The van der Waals surface area contributed by atoms with Gasteiger partial charge in [-0.3, -0.25) is 4.68 Å². The highest BCUT2D eigenvalue weighted by atomic mass is 32.1. The summed E-state index contributed by atoms with van der Waals surface area (Å²) in [5.74, 6) is 0.808. The molecule has 5 nitrogen and oxygen atoms in total. The second-order valence-electron chi connectivity index (χ2n) is 4.68. The second-order valence-corrected chi connectivity index (χ2v) is 5.62. The fourth-order valence-electron chi connectivity index (χ4n) is 2.17. The molecule has 6 heteroatoms. The Morgan fingerprint density at radius 1 is 1.29 bits per heavy atom. The van der Waals surface area contributed by atoms with Gasteiger partial charge in [-0.1, -0.05) is 17.3 Å². The lowest BCUT2D eigenvalue weighted by Crippen LogP contribution is -2.01. The van der Waals surface area contributed by atoms with Crippen molar-refractivity contribution in [2.24, 2.45) is 0 Å². The zero-order valence-electron chi connectivity index (χ0n) is 12.0. The van der Waals surface area contributed by atoms with Gasteiger partial charge in [-0.2, -0.15) is 0 Å². The van der Waals surface area contributed by atoms with Crippen LogP contribution in [0, 0.1) is 6.92 Å². The zero-order chi connectivity index (χ0) is 14.7. The van der Waals surface area contributed by atoms with Gasteiger partial charge in [0.15, 0.2) is 0 Å². The Hall–Kier alpha value is -2.21. The van der Waals surface area contributed by atoms with Crippen LogP contribution in [0.2, 0.25) is 0 Å². The third kappa shape index (κ3) is 2.95. The van der Waals surface area contributed by atoms with E-state index >= 15 is 0 Å². The Morgan fingerprint density at radius 2 is 2.14 bits per heavy atom. The van der Waals surface area contributed by atoms with Crippen LogP contribution < -0.4 is 4.74 Å². The molecule has 0 radical (unpaired) electrons. The van der Waals surface area contributed by atoms with Crippen LogP contribution in [0.15, 0.2) is 36.0 Å². The van der Waals surface area contributed by atoms with Gasteiger partial charge in [-0.15, -0.1) is 16.4 Å². The molecule has 3 rings (SSSR count). The summed E-state index contributed by atoms with van der Waals surface area (Å²) in [6.07, 6.45) is 2.87. The SMILES string of the molecule is COc1ccccc1-c1cn(CCc2scnc2C)nn1. The molecule has 0 saturated heterocycles. The van der Waals surface area contributed by atoms with Gasteiger partial charge >= 0.3 is 0 Å². The fraction of sp³-hybridized carbons (Fsp3) is 0.267. The molecule has 0 atom stereocenters. The van der Waals surface area contributed by atoms with Crippen LogP contribution in [0.25, 0.3) is 11.3 Å². The first kappa shape index (κ1) is 13.8. The lowest BCUT2D eigenvalue weighted by Gasteiger charge is -2.04. The summed E-state index contributed by atoms with van der Waals surface area (Å²) in [7, 11) is 1.66. The standard InChI is InChI=1S/C15H16N4OS/c1-11-15(21-10-16-11)7-8-19-9-13(17-18-19)12-5-3-4-6-14(12)20-2/h3-6,9-10H,7-8H2,1-2H3. The number of hydrogen-bond acceptors (Lipinski definition) is 5. The molecule has 0 bridgehead atoms. The van der Waals surface area contributed by atoms with E-state index in [0.29, 0.717) is 0 Å². The van der Waals surface area contributed by atoms with Crippen LogP contribution in [-0.4, -0.2) is 27.1 Å². The number of aryl methyl sites for hydroxylation is 3. The maximum atomic E-state index is 5.36. The highest BCUT2D eigenvalue weighted by Gasteiger charge is 2.09. The Balaban J connectivity index is 1.76. The molecule has 0 aliphatic heterocycles. The van der Waals surface area contributed by atoms with E-state index in [1.807, 2.05) is 47.6 Å². The summed E-state index contributed by atoms with van der Waals surface area (Å²) in [5, 5.41) is 8.43. The van der Waals surface area contributed by atoms with Gasteiger partial charge in [0.25, 0.3) is 0 Å². The molecule has 2 aromatic heterocycles. The number of methoxy groups -OCH3 is 1. The first-order valence-corrected chi connectivity index (χ1v) is 7.58. The van der Waals surface area contributed by atoms with Crippen molar-refractivity contribution in [3.63, 3.8) is 0 Å². The van der Waals surface area contributed by atoms with Crippen LogP contribution in [0.1, 0.15) is 10.6 Å². The van der Waals surface area contributed by atoms with E-state index in [1.54, 1.807) is 18.4 Å². The van der Waals surface area contributed by atoms with Gasteiger partial charge in [0.05, 0.1) is 24.5 Å². The summed E-state index contributed by atoms with van der Waals surface area (Å²) >= 11 is 1.69.